The monoisotopic (exact) mass is 413 g/mol. The molecule has 1 N–H and O–H groups in total. The van der Waals surface area contributed by atoms with Gasteiger partial charge in [-0.05, 0) is 48.7 Å². The van der Waals surface area contributed by atoms with Crippen LogP contribution >= 0.6 is 0 Å². The van der Waals surface area contributed by atoms with Gasteiger partial charge in [0.05, 0.1) is 11.4 Å². The Balaban J connectivity index is 1.50. The van der Waals surface area contributed by atoms with E-state index in [0.29, 0.717) is 19.4 Å². The maximum atomic E-state index is 13.3. The molecule has 4 aromatic rings. The van der Waals surface area contributed by atoms with Crippen molar-refractivity contribution in [2.24, 2.45) is 0 Å². The summed E-state index contributed by atoms with van der Waals surface area (Å²) < 4.78 is 15.2. The molecule has 1 amide bonds. The number of para-hydroxylation sites is 1. The average Bonchev–Trinajstić information content (AvgIpc) is 3.22. The lowest BCUT2D eigenvalue weighted by molar-refractivity contribution is -0.121. The smallest absolute Gasteiger partial charge is 0.220 e. The van der Waals surface area contributed by atoms with E-state index in [1.54, 1.807) is 12.1 Å². The van der Waals surface area contributed by atoms with E-state index in [4.69, 9.17) is 5.10 Å². The maximum absolute atomic E-state index is 13.3. The number of aryl methyl sites for hydroxylation is 2. The molecule has 0 radical (unpaired) electrons. The second kappa shape index (κ2) is 9.39. The minimum Gasteiger partial charge on any atom is -0.352 e. The van der Waals surface area contributed by atoms with Gasteiger partial charge in [-0.15, -0.1) is 0 Å². The van der Waals surface area contributed by atoms with Crippen molar-refractivity contribution < 1.29 is 9.18 Å². The quantitative estimate of drug-likeness (QED) is 0.451. The van der Waals surface area contributed by atoms with Gasteiger partial charge in [0, 0.05) is 24.7 Å². The van der Waals surface area contributed by atoms with Gasteiger partial charge in [0.25, 0.3) is 0 Å². The zero-order chi connectivity index (χ0) is 21.6. The Morgan fingerprint density at radius 2 is 1.77 bits per heavy atom. The molecule has 5 heteroatoms. The molecule has 4 rings (SSSR count). The van der Waals surface area contributed by atoms with Gasteiger partial charge >= 0.3 is 0 Å². The summed E-state index contributed by atoms with van der Waals surface area (Å²) in [6, 6.07) is 24.4. The molecule has 31 heavy (non-hydrogen) atoms. The molecule has 1 aromatic heterocycles. The van der Waals surface area contributed by atoms with Gasteiger partial charge in [0.15, 0.2) is 0 Å². The maximum Gasteiger partial charge on any atom is 0.220 e. The lowest BCUT2D eigenvalue weighted by atomic mass is 10.0. The molecule has 3 aromatic carbocycles. The number of carbonyl (C=O) groups is 1. The average molecular weight is 413 g/mol. The molecule has 1 heterocycles. The van der Waals surface area contributed by atoms with Crippen molar-refractivity contribution >= 4 is 5.91 Å². The normalized spacial score (nSPS) is 10.8. The van der Waals surface area contributed by atoms with E-state index in [-0.39, 0.29) is 11.7 Å². The summed E-state index contributed by atoms with van der Waals surface area (Å²) in [5.74, 6) is -0.380. The Bertz CT molecular complexity index is 1170. The summed E-state index contributed by atoms with van der Waals surface area (Å²) in [6.07, 6.45) is 2.88. The van der Waals surface area contributed by atoms with Crippen LogP contribution in [0.1, 0.15) is 23.1 Å². The Morgan fingerprint density at radius 1 is 1.00 bits per heavy atom. The number of nitrogens with zero attached hydrogens (tertiary/aromatic N) is 2. The van der Waals surface area contributed by atoms with Crippen molar-refractivity contribution in [3.63, 3.8) is 0 Å². The summed E-state index contributed by atoms with van der Waals surface area (Å²) in [5, 5.41) is 7.67. The van der Waals surface area contributed by atoms with Crippen LogP contribution in [0.4, 0.5) is 4.39 Å². The van der Waals surface area contributed by atoms with Crippen LogP contribution in [0.15, 0.2) is 85.1 Å². The minimum atomic E-state index is -0.303. The molecule has 0 aliphatic carbocycles. The number of halogens is 1. The fourth-order valence-electron chi connectivity index (χ4n) is 3.44. The molecule has 0 aliphatic rings. The molecule has 0 atom stereocenters. The Kier molecular flexibility index (Phi) is 6.22. The number of amides is 1. The second-order valence-electron chi connectivity index (χ2n) is 7.56. The fourth-order valence-corrected chi connectivity index (χ4v) is 3.44. The van der Waals surface area contributed by atoms with Crippen LogP contribution in [-0.4, -0.2) is 15.7 Å². The molecule has 156 valence electrons. The summed E-state index contributed by atoms with van der Waals surface area (Å²) in [6.45, 7) is 2.36. The van der Waals surface area contributed by atoms with Gasteiger partial charge < -0.3 is 5.32 Å². The van der Waals surface area contributed by atoms with Crippen molar-refractivity contribution in [1.82, 2.24) is 15.1 Å². The van der Waals surface area contributed by atoms with Crippen molar-refractivity contribution in [2.75, 3.05) is 0 Å². The number of hydrogen-bond acceptors (Lipinski definition) is 2. The molecule has 0 saturated heterocycles. The number of rotatable bonds is 7. The first kappa shape index (κ1) is 20.5. The van der Waals surface area contributed by atoms with E-state index in [1.807, 2.05) is 41.2 Å². The first-order valence-electron chi connectivity index (χ1n) is 10.3. The fraction of sp³-hybridized carbons (Fsp3) is 0.154. The molecule has 0 spiro atoms. The van der Waals surface area contributed by atoms with Gasteiger partial charge in [0.1, 0.15) is 5.82 Å². The SMILES string of the molecule is Cc1ccc(-c2nn(-c3ccccc3)cc2CCC(=O)NCc2cccc(F)c2)cc1. The highest BCUT2D eigenvalue weighted by Gasteiger charge is 2.14. The van der Waals surface area contributed by atoms with Gasteiger partial charge in [-0.25, -0.2) is 9.07 Å². The van der Waals surface area contributed by atoms with Crippen LogP contribution in [0.2, 0.25) is 0 Å². The summed E-state index contributed by atoms with van der Waals surface area (Å²) in [5.41, 5.74) is 5.80. The third-order valence-corrected chi connectivity index (χ3v) is 5.14. The standard InChI is InChI=1S/C26H24FN3O/c1-19-10-12-21(13-11-19)26-22(18-30(29-26)24-8-3-2-4-9-24)14-15-25(31)28-17-20-6-5-7-23(27)16-20/h2-13,16,18H,14-15,17H2,1H3,(H,28,31). The number of hydrogen-bond donors (Lipinski definition) is 1. The predicted molar refractivity (Wildman–Crippen MR) is 120 cm³/mol. The minimum absolute atomic E-state index is 0.0772. The van der Waals surface area contributed by atoms with Crippen molar-refractivity contribution in [2.45, 2.75) is 26.3 Å². The van der Waals surface area contributed by atoms with Gasteiger partial charge in [-0.1, -0.05) is 60.2 Å². The zero-order valence-electron chi connectivity index (χ0n) is 17.4. The van der Waals surface area contributed by atoms with Crippen LogP contribution < -0.4 is 5.32 Å². The van der Waals surface area contributed by atoms with Crippen molar-refractivity contribution in [1.29, 1.82) is 0 Å². The third kappa shape index (κ3) is 5.25. The van der Waals surface area contributed by atoms with E-state index in [1.165, 1.54) is 17.7 Å². The van der Waals surface area contributed by atoms with Crippen molar-refractivity contribution in [3.8, 4) is 16.9 Å². The van der Waals surface area contributed by atoms with E-state index in [2.05, 4.69) is 36.5 Å². The van der Waals surface area contributed by atoms with Crippen molar-refractivity contribution in [3.05, 3.63) is 108 Å². The molecule has 0 aliphatic heterocycles. The molecule has 0 saturated carbocycles. The first-order valence-corrected chi connectivity index (χ1v) is 10.3. The molecular weight excluding hydrogens is 389 g/mol. The Morgan fingerprint density at radius 3 is 2.52 bits per heavy atom. The van der Waals surface area contributed by atoms with Crippen LogP contribution in [0, 0.1) is 12.7 Å². The lowest BCUT2D eigenvalue weighted by Crippen LogP contribution is -2.23. The van der Waals surface area contributed by atoms with Crippen LogP contribution in [0.3, 0.4) is 0 Å². The Hall–Kier alpha value is -3.73. The highest BCUT2D eigenvalue weighted by molar-refractivity contribution is 5.76. The van der Waals surface area contributed by atoms with Gasteiger partial charge in [-0.3, -0.25) is 4.79 Å². The van der Waals surface area contributed by atoms with E-state index < -0.39 is 0 Å². The summed E-state index contributed by atoms with van der Waals surface area (Å²) in [4.78, 5) is 12.4. The number of nitrogens with one attached hydrogen (secondary N) is 1. The molecular formula is C26H24FN3O. The highest BCUT2D eigenvalue weighted by atomic mass is 19.1. The van der Waals surface area contributed by atoms with E-state index in [0.717, 1.165) is 28.1 Å². The third-order valence-electron chi connectivity index (χ3n) is 5.14. The van der Waals surface area contributed by atoms with Gasteiger partial charge in [-0.2, -0.15) is 5.10 Å². The van der Waals surface area contributed by atoms with Crippen LogP contribution in [-0.2, 0) is 17.8 Å². The lowest BCUT2D eigenvalue weighted by Gasteiger charge is -2.06. The topological polar surface area (TPSA) is 46.9 Å². The molecule has 0 fully saturated rings. The van der Waals surface area contributed by atoms with E-state index >= 15 is 0 Å². The van der Waals surface area contributed by atoms with Gasteiger partial charge in [0.2, 0.25) is 5.91 Å². The van der Waals surface area contributed by atoms with Crippen LogP contribution in [0.25, 0.3) is 16.9 Å². The Labute approximate surface area is 181 Å². The number of benzene rings is 3. The van der Waals surface area contributed by atoms with Crippen LogP contribution in [0.5, 0.6) is 0 Å². The molecule has 4 nitrogen and oxygen atoms in total. The first-order chi connectivity index (χ1) is 15.1. The predicted octanol–water partition coefficient (Wildman–Crippen LogP) is 5.24. The largest absolute Gasteiger partial charge is 0.352 e. The van der Waals surface area contributed by atoms with E-state index in [9.17, 15) is 9.18 Å². The summed E-state index contributed by atoms with van der Waals surface area (Å²) in [7, 11) is 0. The highest BCUT2D eigenvalue weighted by Crippen LogP contribution is 2.25. The summed E-state index contributed by atoms with van der Waals surface area (Å²) >= 11 is 0. The zero-order valence-corrected chi connectivity index (χ0v) is 17.4. The molecule has 0 unspecified atom stereocenters. The number of aromatic nitrogens is 2. The second-order valence-corrected chi connectivity index (χ2v) is 7.56. The molecule has 0 bridgehead atoms. The number of carbonyl (C=O) groups excluding carboxylic acids is 1.